The Morgan fingerprint density at radius 2 is 2.06 bits per heavy atom. The van der Waals surface area contributed by atoms with E-state index in [1.54, 1.807) is 6.07 Å². The average Bonchev–Trinajstić information content (AvgIpc) is 2.11. The van der Waals surface area contributed by atoms with Gasteiger partial charge in [0.05, 0.1) is 6.26 Å². The minimum Gasteiger partial charge on any atom is -0.274 e. The predicted octanol–water partition coefficient (Wildman–Crippen LogP) is 1.40. The molecule has 2 rings (SSSR count). The van der Waals surface area contributed by atoms with Crippen molar-refractivity contribution < 1.29 is 17.6 Å². The van der Waals surface area contributed by atoms with E-state index in [1.807, 2.05) is 10.8 Å². The minimum absolute atomic E-state index is 0.135. The van der Waals surface area contributed by atoms with Gasteiger partial charge in [-0.2, -0.15) is 0 Å². The molecule has 0 unspecified atom stereocenters. The summed E-state index contributed by atoms with van der Waals surface area (Å²) in [5.41, 5.74) is 0.860. The van der Waals surface area contributed by atoms with Gasteiger partial charge in [-0.25, -0.2) is 12.8 Å². The van der Waals surface area contributed by atoms with Crippen LogP contribution in [0, 0.1) is 11.7 Å². The maximum absolute atomic E-state index is 13.0. The number of halogens is 1. The topological polar surface area (TPSA) is 63.2 Å². The average molecular weight is 271 g/mol. The van der Waals surface area contributed by atoms with Crippen molar-refractivity contribution in [2.45, 2.75) is 18.8 Å². The van der Waals surface area contributed by atoms with Crippen LogP contribution in [-0.4, -0.2) is 20.6 Å². The first kappa shape index (κ1) is 13.0. The lowest BCUT2D eigenvalue weighted by atomic mass is 9.71. The summed E-state index contributed by atoms with van der Waals surface area (Å²) in [6.45, 7) is 0. The summed E-state index contributed by atoms with van der Waals surface area (Å²) in [5, 5.41) is 0. The molecule has 1 N–H and O–H groups in total. The second-order valence-electron chi connectivity index (χ2n) is 4.66. The molecule has 4 nitrogen and oxygen atoms in total. The van der Waals surface area contributed by atoms with Crippen molar-refractivity contribution in [3.63, 3.8) is 0 Å². The summed E-state index contributed by atoms with van der Waals surface area (Å²) >= 11 is 0. The fraction of sp³-hybridized carbons (Fsp3) is 0.417. The number of rotatable bonds is 3. The van der Waals surface area contributed by atoms with E-state index in [2.05, 4.69) is 0 Å². The molecule has 0 aliphatic heterocycles. The Kier molecular flexibility index (Phi) is 3.38. The highest BCUT2D eigenvalue weighted by atomic mass is 32.2. The molecule has 6 heteroatoms. The number of benzene rings is 1. The van der Waals surface area contributed by atoms with Crippen LogP contribution in [0.1, 0.15) is 24.3 Å². The second kappa shape index (κ2) is 4.68. The molecule has 1 fully saturated rings. The van der Waals surface area contributed by atoms with E-state index < -0.39 is 15.9 Å². The van der Waals surface area contributed by atoms with E-state index >= 15 is 0 Å². The molecule has 1 aliphatic rings. The summed E-state index contributed by atoms with van der Waals surface area (Å²) in [7, 11) is -3.49. The Hall–Kier alpha value is -1.43. The molecule has 0 atom stereocenters. The van der Waals surface area contributed by atoms with E-state index in [0.29, 0.717) is 12.8 Å². The van der Waals surface area contributed by atoms with Gasteiger partial charge in [-0.3, -0.25) is 9.52 Å². The van der Waals surface area contributed by atoms with Crippen molar-refractivity contribution in [1.29, 1.82) is 0 Å². The van der Waals surface area contributed by atoms with Crippen molar-refractivity contribution in [1.82, 2.24) is 4.72 Å². The van der Waals surface area contributed by atoms with Crippen LogP contribution in [0.15, 0.2) is 24.3 Å². The van der Waals surface area contributed by atoms with Gasteiger partial charge in [0.1, 0.15) is 5.82 Å². The SMILES string of the molecule is CS(=O)(=O)NC(=O)C1CC(c2cccc(F)c2)C1. The number of sulfonamides is 1. The first-order valence-electron chi connectivity index (χ1n) is 5.62. The molecule has 1 aromatic carbocycles. The second-order valence-corrected chi connectivity index (χ2v) is 6.41. The van der Waals surface area contributed by atoms with Gasteiger partial charge in [-0.1, -0.05) is 12.1 Å². The quantitative estimate of drug-likeness (QED) is 0.903. The lowest BCUT2D eigenvalue weighted by molar-refractivity contribution is -0.126. The van der Waals surface area contributed by atoms with Gasteiger partial charge in [0.25, 0.3) is 0 Å². The normalized spacial score (nSPS) is 23.2. The number of hydrogen-bond donors (Lipinski definition) is 1. The molecule has 1 amide bonds. The molecule has 0 spiro atoms. The monoisotopic (exact) mass is 271 g/mol. The smallest absolute Gasteiger partial charge is 0.236 e. The number of carbonyl (C=O) groups excluding carboxylic acids is 1. The third-order valence-electron chi connectivity index (χ3n) is 3.11. The largest absolute Gasteiger partial charge is 0.274 e. The Bertz CT molecular complexity index is 564. The van der Waals surface area contributed by atoms with Crippen LogP contribution in [0.2, 0.25) is 0 Å². The van der Waals surface area contributed by atoms with Gasteiger partial charge in [-0.15, -0.1) is 0 Å². The highest BCUT2D eigenvalue weighted by Crippen LogP contribution is 2.41. The van der Waals surface area contributed by atoms with Crippen LogP contribution >= 0.6 is 0 Å². The van der Waals surface area contributed by atoms with Gasteiger partial charge in [0.15, 0.2) is 0 Å². The summed E-state index contributed by atoms with van der Waals surface area (Å²) in [5.74, 6) is -0.925. The lowest BCUT2D eigenvalue weighted by Crippen LogP contribution is -2.40. The highest BCUT2D eigenvalue weighted by Gasteiger charge is 2.36. The third kappa shape index (κ3) is 3.07. The van der Waals surface area contributed by atoms with Crippen LogP contribution in [0.4, 0.5) is 4.39 Å². The zero-order valence-corrected chi connectivity index (χ0v) is 10.7. The Balaban J connectivity index is 1.93. The molecule has 1 aromatic rings. The molecular formula is C12H14FNO3S. The fourth-order valence-electron chi connectivity index (χ4n) is 2.13. The molecule has 98 valence electrons. The first-order chi connectivity index (χ1) is 8.35. The van der Waals surface area contributed by atoms with Gasteiger partial charge in [-0.05, 0) is 36.5 Å². The van der Waals surface area contributed by atoms with E-state index in [0.717, 1.165) is 11.8 Å². The van der Waals surface area contributed by atoms with Crippen molar-refractivity contribution in [2.24, 2.45) is 5.92 Å². The van der Waals surface area contributed by atoms with Crippen molar-refractivity contribution in [3.8, 4) is 0 Å². The van der Waals surface area contributed by atoms with E-state index in [-0.39, 0.29) is 17.7 Å². The van der Waals surface area contributed by atoms with Crippen LogP contribution in [0.3, 0.4) is 0 Å². The summed E-state index contributed by atoms with van der Waals surface area (Å²) < 4.78 is 36.8. The van der Waals surface area contributed by atoms with E-state index in [4.69, 9.17) is 0 Å². The third-order valence-corrected chi connectivity index (χ3v) is 3.69. The first-order valence-corrected chi connectivity index (χ1v) is 7.51. The molecule has 1 aliphatic carbocycles. The van der Waals surface area contributed by atoms with Crippen molar-refractivity contribution >= 4 is 15.9 Å². The van der Waals surface area contributed by atoms with Crippen LogP contribution in [0.5, 0.6) is 0 Å². The van der Waals surface area contributed by atoms with Gasteiger partial charge in [0, 0.05) is 5.92 Å². The number of carbonyl (C=O) groups is 1. The van der Waals surface area contributed by atoms with E-state index in [1.165, 1.54) is 12.1 Å². The lowest BCUT2D eigenvalue weighted by Gasteiger charge is -2.34. The highest BCUT2D eigenvalue weighted by molar-refractivity contribution is 7.89. The molecule has 0 aromatic heterocycles. The van der Waals surface area contributed by atoms with Gasteiger partial charge < -0.3 is 0 Å². The van der Waals surface area contributed by atoms with Crippen LogP contribution < -0.4 is 4.72 Å². The van der Waals surface area contributed by atoms with Gasteiger partial charge in [0.2, 0.25) is 15.9 Å². The number of hydrogen-bond acceptors (Lipinski definition) is 3. The molecule has 0 bridgehead atoms. The molecule has 0 saturated heterocycles. The number of amides is 1. The standard InChI is InChI=1S/C12H14FNO3S/c1-18(16,17)14-12(15)10-5-9(6-10)8-3-2-4-11(13)7-8/h2-4,7,9-10H,5-6H2,1H3,(H,14,15). The summed E-state index contributed by atoms with van der Waals surface area (Å²) in [4.78, 5) is 11.5. The van der Waals surface area contributed by atoms with Crippen molar-refractivity contribution in [3.05, 3.63) is 35.6 Å². The Morgan fingerprint density at radius 3 is 2.61 bits per heavy atom. The van der Waals surface area contributed by atoms with E-state index in [9.17, 15) is 17.6 Å². The zero-order chi connectivity index (χ0) is 13.3. The number of nitrogens with one attached hydrogen (secondary N) is 1. The Morgan fingerprint density at radius 1 is 1.39 bits per heavy atom. The summed E-state index contributed by atoms with van der Waals surface area (Å²) in [6, 6.07) is 6.28. The Labute approximate surface area is 105 Å². The maximum Gasteiger partial charge on any atom is 0.236 e. The van der Waals surface area contributed by atoms with Crippen LogP contribution in [-0.2, 0) is 14.8 Å². The fourth-order valence-corrected chi connectivity index (χ4v) is 2.66. The molecule has 0 heterocycles. The zero-order valence-electron chi connectivity index (χ0n) is 9.89. The summed E-state index contributed by atoms with van der Waals surface area (Å²) in [6.07, 6.45) is 2.07. The predicted molar refractivity (Wildman–Crippen MR) is 64.9 cm³/mol. The minimum atomic E-state index is -3.49. The molecule has 0 radical (unpaired) electrons. The maximum atomic E-state index is 13.0. The molecular weight excluding hydrogens is 257 g/mol. The van der Waals surface area contributed by atoms with Crippen molar-refractivity contribution in [2.75, 3.05) is 6.26 Å². The van der Waals surface area contributed by atoms with Crippen LogP contribution in [0.25, 0.3) is 0 Å². The molecule has 1 saturated carbocycles. The molecule has 18 heavy (non-hydrogen) atoms. The van der Waals surface area contributed by atoms with Gasteiger partial charge >= 0.3 is 0 Å².